The largest absolute Gasteiger partial charge is 0.465 e. The highest BCUT2D eigenvalue weighted by molar-refractivity contribution is 7.09. The summed E-state index contributed by atoms with van der Waals surface area (Å²) in [4.78, 5) is 21.6. The lowest BCUT2D eigenvalue weighted by molar-refractivity contribution is -0.138. The van der Waals surface area contributed by atoms with E-state index in [1.165, 1.54) is 0 Å². The number of thiazole rings is 1. The van der Waals surface area contributed by atoms with Crippen molar-refractivity contribution in [2.75, 3.05) is 6.54 Å². The summed E-state index contributed by atoms with van der Waals surface area (Å²) in [5.74, 6) is 2.25. The molecule has 1 amide bonds. The van der Waals surface area contributed by atoms with Crippen LogP contribution in [0.25, 0.3) is 0 Å². The van der Waals surface area contributed by atoms with Gasteiger partial charge in [0.05, 0.1) is 23.8 Å². The lowest BCUT2D eigenvalue weighted by Crippen LogP contribution is -2.51. The van der Waals surface area contributed by atoms with Crippen LogP contribution in [0.2, 0.25) is 0 Å². The van der Waals surface area contributed by atoms with Gasteiger partial charge < -0.3 is 9.32 Å². The van der Waals surface area contributed by atoms with Gasteiger partial charge in [-0.1, -0.05) is 0 Å². The highest BCUT2D eigenvalue weighted by Gasteiger charge is 2.43. The summed E-state index contributed by atoms with van der Waals surface area (Å²) in [7, 11) is 0. The Labute approximate surface area is 146 Å². The molecule has 2 saturated heterocycles. The molecule has 4 rings (SSSR count). The Morgan fingerprint density at radius 3 is 2.83 bits per heavy atom. The Morgan fingerprint density at radius 1 is 1.25 bits per heavy atom. The van der Waals surface area contributed by atoms with Crippen LogP contribution >= 0.6 is 11.3 Å². The average molecular weight is 345 g/mol. The van der Waals surface area contributed by atoms with E-state index in [1.807, 2.05) is 19.9 Å². The van der Waals surface area contributed by atoms with Crippen LogP contribution in [0.3, 0.4) is 0 Å². The van der Waals surface area contributed by atoms with Crippen molar-refractivity contribution in [3.05, 3.63) is 39.7 Å². The maximum atomic E-state index is 12.5. The Bertz CT molecular complexity index is 738. The predicted molar refractivity (Wildman–Crippen MR) is 92.7 cm³/mol. The molecule has 2 aliphatic heterocycles. The number of piperidine rings is 1. The van der Waals surface area contributed by atoms with Crippen molar-refractivity contribution < 1.29 is 9.21 Å². The van der Waals surface area contributed by atoms with Crippen LogP contribution in [0.15, 0.2) is 21.9 Å². The van der Waals surface area contributed by atoms with Gasteiger partial charge in [-0.3, -0.25) is 9.69 Å². The normalized spacial score (nSPS) is 24.6. The topological polar surface area (TPSA) is 49.6 Å². The van der Waals surface area contributed by atoms with Crippen LogP contribution in [0.4, 0.5) is 0 Å². The second kappa shape index (κ2) is 6.33. The van der Waals surface area contributed by atoms with E-state index in [-0.39, 0.29) is 5.91 Å². The number of nitrogens with zero attached hydrogens (tertiary/aromatic N) is 3. The summed E-state index contributed by atoms with van der Waals surface area (Å²) in [6, 6.07) is 4.83. The van der Waals surface area contributed by atoms with Gasteiger partial charge in [0, 0.05) is 30.4 Å². The van der Waals surface area contributed by atoms with E-state index in [1.54, 1.807) is 11.3 Å². The van der Waals surface area contributed by atoms with Gasteiger partial charge in [-0.15, -0.1) is 11.3 Å². The minimum absolute atomic E-state index is 0.276. The van der Waals surface area contributed by atoms with Crippen LogP contribution < -0.4 is 0 Å². The second-order valence-electron chi connectivity index (χ2n) is 6.82. The van der Waals surface area contributed by atoms with Crippen LogP contribution in [0, 0.1) is 13.8 Å². The molecule has 0 unspecified atom stereocenters. The summed E-state index contributed by atoms with van der Waals surface area (Å²) in [6.45, 7) is 6.50. The molecule has 128 valence electrons. The number of hydrogen-bond acceptors (Lipinski definition) is 5. The first-order chi connectivity index (χ1) is 11.6. The molecule has 2 aliphatic rings. The van der Waals surface area contributed by atoms with Gasteiger partial charge in [-0.25, -0.2) is 4.98 Å². The summed E-state index contributed by atoms with van der Waals surface area (Å²) in [5, 5.41) is 3.14. The van der Waals surface area contributed by atoms with Crippen molar-refractivity contribution in [1.29, 1.82) is 0 Å². The zero-order valence-electron chi connectivity index (χ0n) is 14.2. The lowest BCUT2D eigenvalue weighted by atomic mass is 9.96. The van der Waals surface area contributed by atoms with E-state index >= 15 is 0 Å². The fourth-order valence-corrected chi connectivity index (χ4v) is 4.67. The first kappa shape index (κ1) is 15.8. The Morgan fingerprint density at radius 2 is 2.12 bits per heavy atom. The second-order valence-corrected chi connectivity index (χ2v) is 7.89. The molecule has 0 N–H and O–H groups in total. The molecule has 0 bridgehead atoms. The summed E-state index contributed by atoms with van der Waals surface area (Å²) in [6.07, 6.45) is 2.63. The molecule has 0 aliphatic carbocycles. The number of furan rings is 1. The van der Waals surface area contributed by atoms with Gasteiger partial charge in [0.2, 0.25) is 5.91 Å². The molecule has 24 heavy (non-hydrogen) atoms. The molecule has 2 aromatic rings. The van der Waals surface area contributed by atoms with Crippen LogP contribution in [-0.2, 0) is 17.9 Å². The SMILES string of the molecule is Cc1ccc(CN2CC[C@H]3[C@H]2CCC(=O)N3Cc2csc(C)n2)o1. The van der Waals surface area contributed by atoms with Crippen molar-refractivity contribution in [2.24, 2.45) is 0 Å². The molecule has 4 heterocycles. The fraction of sp³-hybridized carbons (Fsp3) is 0.556. The van der Waals surface area contributed by atoms with Crippen LogP contribution in [0.5, 0.6) is 0 Å². The van der Waals surface area contributed by atoms with Gasteiger partial charge in [0.15, 0.2) is 0 Å². The smallest absolute Gasteiger partial charge is 0.223 e. The predicted octanol–water partition coefficient (Wildman–Crippen LogP) is 3.12. The number of carbonyl (C=O) groups excluding carboxylic acids is 1. The van der Waals surface area contributed by atoms with Gasteiger partial charge in [0.25, 0.3) is 0 Å². The van der Waals surface area contributed by atoms with E-state index in [0.29, 0.717) is 25.0 Å². The maximum Gasteiger partial charge on any atom is 0.223 e. The third-order valence-corrected chi connectivity index (χ3v) is 5.98. The van der Waals surface area contributed by atoms with E-state index in [2.05, 4.69) is 26.2 Å². The number of aromatic nitrogens is 1. The van der Waals surface area contributed by atoms with Gasteiger partial charge in [-0.05, 0) is 38.8 Å². The standard InChI is InChI=1S/C18H23N3O2S/c1-12-3-4-15(23-12)10-20-8-7-17-16(20)5-6-18(22)21(17)9-14-11-24-13(2)19-14/h3-4,11,16-17H,5-10H2,1-2H3/t16-,17+/m1/s1. The van der Waals surface area contributed by atoms with Crippen LogP contribution in [0.1, 0.15) is 41.5 Å². The molecule has 2 fully saturated rings. The molecule has 0 spiro atoms. The number of aryl methyl sites for hydroxylation is 2. The highest BCUT2D eigenvalue weighted by atomic mass is 32.1. The van der Waals surface area contributed by atoms with Crippen molar-refractivity contribution >= 4 is 17.2 Å². The summed E-state index contributed by atoms with van der Waals surface area (Å²) >= 11 is 1.65. The molecule has 0 saturated carbocycles. The molecule has 5 nitrogen and oxygen atoms in total. The number of fused-ring (bicyclic) bond motifs is 1. The fourth-order valence-electron chi connectivity index (χ4n) is 4.07. The van der Waals surface area contributed by atoms with E-state index in [4.69, 9.17) is 4.42 Å². The van der Waals surface area contributed by atoms with E-state index in [9.17, 15) is 4.79 Å². The Kier molecular flexibility index (Phi) is 4.18. The number of amides is 1. The third kappa shape index (κ3) is 3.00. The lowest BCUT2D eigenvalue weighted by Gasteiger charge is -2.39. The molecule has 0 radical (unpaired) electrons. The molecule has 6 heteroatoms. The van der Waals surface area contributed by atoms with Gasteiger partial charge >= 0.3 is 0 Å². The molecule has 2 aromatic heterocycles. The van der Waals surface area contributed by atoms with Crippen LogP contribution in [-0.4, -0.2) is 39.3 Å². The number of rotatable bonds is 4. The van der Waals surface area contributed by atoms with E-state index in [0.717, 1.165) is 48.2 Å². The van der Waals surface area contributed by atoms with Crippen molar-refractivity contribution in [2.45, 2.75) is 58.3 Å². The maximum absolute atomic E-state index is 12.5. The zero-order chi connectivity index (χ0) is 16.7. The summed E-state index contributed by atoms with van der Waals surface area (Å²) < 4.78 is 5.74. The monoisotopic (exact) mass is 345 g/mol. The van der Waals surface area contributed by atoms with Gasteiger partial charge in [0.1, 0.15) is 11.5 Å². The zero-order valence-corrected chi connectivity index (χ0v) is 15.0. The van der Waals surface area contributed by atoms with E-state index < -0.39 is 0 Å². The van der Waals surface area contributed by atoms with Crippen molar-refractivity contribution in [3.8, 4) is 0 Å². The average Bonchev–Trinajstić information content (AvgIpc) is 3.24. The minimum atomic E-state index is 0.276. The van der Waals surface area contributed by atoms with Crippen molar-refractivity contribution in [3.63, 3.8) is 0 Å². The number of likely N-dealkylation sites (tertiary alicyclic amines) is 2. The quantitative estimate of drug-likeness (QED) is 0.854. The molecule has 0 aromatic carbocycles. The minimum Gasteiger partial charge on any atom is -0.465 e. The first-order valence-electron chi connectivity index (χ1n) is 8.60. The summed E-state index contributed by atoms with van der Waals surface area (Å²) in [5.41, 5.74) is 1.02. The molecule has 2 atom stereocenters. The highest BCUT2D eigenvalue weighted by Crippen LogP contribution is 2.33. The molecular weight excluding hydrogens is 322 g/mol. The number of carbonyl (C=O) groups is 1. The number of hydrogen-bond donors (Lipinski definition) is 0. The van der Waals surface area contributed by atoms with Crippen molar-refractivity contribution in [1.82, 2.24) is 14.8 Å². The third-order valence-electron chi connectivity index (χ3n) is 5.15. The first-order valence-corrected chi connectivity index (χ1v) is 9.48. The van der Waals surface area contributed by atoms with Gasteiger partial charge in [-0.2, -0.15) is 0 Å². The Balaban J connectivity index is 1.48. The molecular formula is C18H23N3O2S. The Hall–Kier alpha value is -1.66.